The first-order chi connectivity index (χ1) is 9.65. The van der Waals surface area contributed by atoms with Gasteiger partial charge in [0.25, 0.3) is 0 Å². The molecule has 0 amide bonds. The highest BCUT2D eigenvalue weighted by Crippen LogP contribution is 2.24. The Kier molecular flexibility index (Phi) is 3.22. The predicted molar refractivity (Wildman–Crippen MR) is 80.6 cm³/mol. The van der Waals surface area contributed by atoms with E-state index in [0.29, 0.717) is 5.92 Å². The lowest BCUT2D eigenvalue weighted by atomic mass is 10.2. The summed E-state index contributed by atoms with van der Waals surface area (Å²) in [5, 5.41) is 0. The van der Waals surface area contributed by atoms with Crippen molar-refractivity contribution in [2.45, 2.75) is 32.7 Å². The third-order valence-electron chi connectivity index (χ3n) is 3.48. The largest absolute Gasteiger partial charge is 0.469 e. The lowest BCUT2D eigenvalue weighted by molar-refractivity contribution is 0.488. The van der Waals surface area contributed by atoms with E-state index in [0.717, 1.165) is 41.3 Å². The Morgan fingerprint density at radius 3 is 2.85 bits per heavy atom. The van der Waals surface area contributed by atoms with Crippen molar-refractivity contribution in [1.29, 1.82) is 0 Å². The molecule has 20 heavy (non-hydrogen) atoms. The average molecular weight is 269 g/mol. The second kappa shape index (κ2) is 5.04. The molecule has 2 heterocycles. The van der Waals surface area contributed by atoms with Crippen LogP contribution in [0.4, 0.5) is 5.69 Å². The molecule has 2 aromatic heterocycles. The van der Waals surface area contributed by atoms with Gasteiger partial charge in [-0.15, -0.1) is 0 Å². The van der Waals surface area contributed by atoms with Gasteiger partial charge in [-0.1, -0.05) is 13.8 Å². The van der Waals surface area contributed by atoms with Crippen LogP contribution in [0.2, 0.25) is 0 Å². The molecule has 0 atom stereocenters. The molecule has 0 fully saturated rings. The molecular weight excluding hydrogens is 250 g/mol. The Labute approximate surface area is 118 Å². The summed E-state index contributed by atoms with van der Waals surface area (Å²) in [5.41, 5.74) is 8.70. The van der Waals surface area contributed by atoms with Crippen LogP contribution in [0.15, 0.2) is 41.0 Å². The first kappa shape index (κ1) is 12.8. The van der Waals surface area contributed by atoms with E-state index in [1.807, 2.05) is 30.3 Å². The fourth-order valence-corrected chi connectivity index (χ4v) is 2.52. The number of aromatic nitrogens is 2. The van der Waals surface area contributed by atoms with Gasteiger partial charge in [0, 0.05) is 24.6 Å². The molecule has 4 heteroatoms. The smallest absolute Gasteiger partial charge is 0.112 e. The van der Waals surface area contributed by atoms with Crippen molar-refractivity contribution in [3.05, 3.63) is 48.2 Å². The molecule has 4 nitrogen and oxygen atoms in total. The summed E-state index contributed by atoms with van der Waals surface area (Å²) < 4.78 is 7.68. The number of hydrogen-bond donors (Lipinski definition) is 1. The highest BCUT2D eigenvalue weighted by Gasteiger charge is 2.14. The van der Waals surface area contributed by atoms with E-state index < -0.39 is 0 Å². The van der Waals surface area contributed by atoms with Gasteiger partial charge in [-0.2, -0.15) is 0 Å². The van der Waals surface area contributed by atoms with Gasteiger partial charge < -0.3 is 14.7 Å². The maximum atomic E-state index is 5.85. The second-order valence-electron chi connectivity index (χ2n) is 5.35. The summed E-state index contributed by atoms with van der Waals surface area (Å²) in [5.74, 6) is 2.47. The minimum atomic E-state index is 0.375. The molecule has 2 N–H and O–H groups in total. The molecule has 104 valence electrons. The summed E-state index contributed by atoms with van der Waals surface area (Å²) in [7, 11) is 0. The molecule has 3 aromatic rings. The Balaban J connectivity index is 2.00. The zero-order chi connectivity index (χ0) is 14.1. The number of aryl methyl sites for hydroxylation is 2. The van der Waals surface area contributed by atoms with E-state index in [9.17, 15) is 0 Å². The van der Waals surface area contributed by atoms with E-state index >= 15 is 0 Å². The van der Waals surface area contributed by atoms with Crippen molar-refractivity contribution in [2.24, 2.45) is 0 Å². The molecule has 0 saturated heterocycles. The lowest BCUT2D eigenvalue weighted by Crippen LogP contribution is -2.07. The van der Waals surface area contributed by atoms with Crippen molar-refractivity contribution in [1.82, 2.24) is 9.55 Å². The molecule has 3 rings (SSSR count). The van der Waals surface area contributed by atoms with E-state index in [4.69, 9.17) is 15.1 Å². The number of nitrogen functional groups attached to an aromatic ring is 1. The summed E-state index contributed by atoms with van der Waals surface area (Å²) in [4.78, 5) is 4.73. The van der Waals surface area contributed by atoms with Gasteiger partial charge in [0.1, 0.15) is 11.6 Å². The fourth-order valence-electron chi connectivity index (χ4n) is 2.52. The normalized spacial score (nSPS) is 11.6. The molecule has 0 bridgehead atoms. The van der Waals surface area contributed by atoms with E-state index in [2.05, 4.69) is 18.4 Å². The van der Waals surface area contributed by atoms with Crippen molar-refractivity contribution in [3.63, 3.8) is 0 Å². The zero-order valence-corrected chi connectivity index (χ0v) is 11.8. The summed E-state index contributed by atoms with van der Waals surface area (Å²) in [6.07, 6.45) is 2.58. The molecule has 0 aliphatic heterocycles. The SMILES string of the molecule is CC(C)c1nc2cc(N)ccc2n1CCc1ccco1. The Hall–Kier alpha value is -2.23. The molecule has 1 aromatic carbocycles. The van der Waals surface area contributed by atoms with Gasteiger partial charge in [-0.25, -0.2) is 4.98 Å². The van der Waals surface area contributed by atoms with Gasteiger partial charge in [-0.3, -0.25) is 0 Å². The predicted octanol–water partition coefficient (Wildman–Crippen LogP) is 3.58. The quantitative estimate of drug-likeness (QED) is 0.736. The minimum Gasteiger partial charge on any atom is -0.469 e. The number of furan rings is 1. The number of fused-ring (bicyclic) bond motifs is 1. The highest BCUT2D eigenvalue weighted by molar-refractivity contribution is 5.79. The van der Waals surface area contributed by atoms with Crippen molar-refractivity contribution < 1.29 is 4.42 Å². The van der Waals surface area contributed by atoms with E-state index in [-0.39, 0.29) is 0 Å². The number of anilines is 1. The molecule has 0 aliphatic carbocycles. The number of hydrogen-bond acceptors (Lipinski definition) is 3. The van der Waals surface area contributed by atoms with Crippen LogP contribution in [0.3, 0.4) is 0 Å². The highest BCUT2D eigenvalue weighted by atomic mass is 16.3. The number of imidazole rings is 1. The van der Waals surface area contributed by atoms with Crippen LogP contribution in [0.5, 0.6) is 0 Å². The Morgan fingerprint density at radius 1 is 1.30 bits per heavy atom. The van der Waals surface area contributed by atoms with Crippen LogP contribution in [0.25, 0.3) is 11.0 Å². The van der Waals surface area contributed by atoms with Crippen LogP contribution in [0.1, 0.15) is 31.4 Å². The third-order valence-corrected chi connectivity index (χ3v) is 3.48. The molecule has 0 saturated carbocycles. The zero-order valence-electron chi connectivity index (χ0n) is 11.8. The van der Waals surface area contributed by atoms with Gasteiger partial charge in [0.15, 0.2) is 0 Å². The number of nitrogens with zero attached hydrogens (tertiary/aromatic N) is 2. The van der Waals surface area contributed by atoms with Crippen molar-refractivity contribution in [2.75, 3.05) is 5.73 Å². The third kappa shape index (κ3) is 2.29. The average Bonchev–Trinajstić information content (AvgIpc) is 3.02. The molecule has 0 radical (unpaired) electrons. The fraction of sp³-hybridized carbons (Fsp3) is 0.312. The number of benzene rings is 1. The maximum absolute atomic E-state index is 5.85. The van der Waals surface area contributed by atoms with Crippen LogP contribution in [-0.2, 0) is 13.0 Å². The van der Waals surface area contributed by atoms with Crippen LogP contribution < -0.4 is 5.73 Å². The summed E-state index contributed by atoms with van der Waals surface area (Å²) >= 11 is 0. The Bertz CT molecular complexity index is 711. The van der Waals surface area contributed by atoms with E-state index in [1.54, 1.807) is 6.26 Å². The lowest BCUT2D eigenvalue weighted by Gasteiger charge is -2.10. The van der Waals surface area contributed by atoms with Crippen LogP contribution >= 0.6 is 0 Å². The molecule has 0 aliphatic rings. The first-order valence-electron chi connectivity index (χ1n) is 6.93. The van der Waals surface area contributed by atoms with Gasteiger partial charge in [0.05, 0.1) is 17.3 Å². The summed E-state index contributed by atoms with van der Waals surface area (Å²) in [6, 6.07) is 9.84. The number of rotatable bonds is 4. The van der Waals surface area contributed by atoms with Gasteiger partial charge in [0.2, 0.25) is 0 Å². The topological polar surface area (TPSA) is 57.0 Å². The van der Waals surface area contributed by atoms with Crippen LogP contribution in [-0.4, -0.2) is 9.55 Å². The monoisotopic (exact) mass is 269 g/mol. The van der Waals surface area contributed by atoms with Crippen LogP contribution in [0, 0.1) is 0 Å². The maximum Gasteiger partial charge on any atom is 0.112 e. The Morgan fingerprint density at radius 2 is 2.15 bits per heavy atom. The molecular formula is C16H19N3O. The molecule has 0 unspecified atom stereocenters. The van der Waals surface area contributed by atoms with E-state index in [1.165, 1.54) is 0 Å². The van der Waals surface area contributed by atoms with Crippen molar-refractivity contribution in [3.8, 4) is 0 Å². The molecule has 0 spiro atoms. The van der Waals surface area contributed by atoms with Crippen molar-refractivity contribution >= 4 is 16.7 Å². The summed E-state index contributed by atoms with van der Waals surface area (Å²) in [6.45, 7) is 5.18. The minimum absolute atomic E-state index is 0.375. The standard InChI is InChI=1S/C16H19N3O/c1-11(2)16-18-14-10-12(17)5-6-15(14)19(16)8-7-13-4-3-9-20-13/h3-6,9-11H,7-8,17H2,1-2H3. The second-order valence-corrected chi connectivity index (χ2v) is 5.35. The van der Waals surface area contributed by atoms with Gasteiger partial charge >= 0.3 is 0 Å². The first-order valence-corrected chi connectivity index (χ1v) is 6.93. The number of nitrogens with two attached hydrogens (primary N) is 1. The van der Waals surface area contributed by atoms with Gasteiger partial charge in [-0.05, 0) is 30.3 Å².